The summed E-state index contributed by atoms with van der Waals surface area (Å²) in [5, 5.41) is 0.839. The van der Waals surface area contributed by atoms with Gasteiger partial charge in [-0.25, -0.2) is 0 Å². The first-order chi connectivity index (χ1) is 9.66. The van der Waals surface area contributed by atoms with Crippen molar-refractivity contribution < 1.29 is 14.2 Å². The van der Waals surface area contributed by atoms with Crippen LogP contribution in [0.15, 0.2) is 36.4 Å². The van der Waals surface area contributed by atoms with Gasteiger partial charge in [-0.2, -0.15) is 0 Å². The van der Waals surface area contributed by atoms with Crippen LogP contribution in [0.3, 0.4) is 0 Å². The predicted molar refractivity (Wildman–Crippen MR) is 83.4 cm³/mol. The lowest BCUT2D eigenvalue weighted by Crippen LogP contribution is -1.91. The molecule has 0 spiro atoms. The van der Waals surface area contributed by atoms with Crippen LogP contribution in [0.25, 0.3) is 0 Å². The molecule has 106 valence electrons. The zero-order valence-corrected chi connectivity index (χ0v) is 13.4. The summed E-state index contributed by atoms with van der Waals surface area (Å²) in [6.07, 6.45) is 0. The number of ether oxygens (including phenoxy) is 3. The van der Waals surface area contributed by atoms with E-state index in [1.807, 2.05) is 30.3 Å². The maximum atomic E-state index is 5.87. The minimum atomic E-state index is 0.687. The molecule has 2 aromatic carbocycles. The molecular weight excluding hydrogens is 320 g/mol. The van der Waals surface area contributed by atoms with Gasteiger partial charge in [-0.3, -0.25) is 0 Å². The maximum absolute atomic E-state index is 5.87. The summed E-state index contributed by atoms with van der Waals surface area (Å²) >= 11 is 3.46. The van der Waals surface area contributed by atoms with Gasteiger partial charge in [0.2, 0.25) is 0 Å². The van der Waals surface area contributed by atoms with Gasteiger partial charge in [-0.05, 0) is 30.2 Å². The minimum Gasteiger partial charge on any atom is -0.496 e. The van der Waals surface area contributed by atoms with E-state index in [9.17, 15) is 0 Å². The largest absolute Gasteiger partial charge is 0.496 e. The Hall–Kier alpha value is -1.68. The van der Waals surface area contributed by atoms with Crippen molar-refractivity contribution in [2.24, 2.45) is 0 Å². The Morgan fingerprint density at radius 2 is 1.45 bits per heavy atom. The quantitative estimate of drug-likeness (QED) is 0.740. The number of alkyl halides is 1. The highest BCUT2D eigenvalue weighted by Gasteiger charge is 2.05. The Balaban J connectivity index is 2.27. The molecule has 0 aliphatic rings. The predicted octanol–water partition coefficient (Wildman–Crippen LogP) is 4.70. The van der Waals surface area contributed by atoms with Crippen LogP contribution >= 0.6 is 15.9 Å². The first-order valence-electron chi connectivity index (χ1n) is 6.22. The summed E-state index contributed by atoms with van der Waals surface area (Å²) in [5.41, 5.74) is 2.44. The van der Waals surface area contributed by atoms with Crippen LogP contribution in [-0.4, -0.2) is 14.2 Å². The van der Waals surface area contributed by atoms with Crippen molar-refractivity contribution in [1.29, 1.82) is 0 Å². The fraction of sp³-hybridized carbons (Fsp3) is 0.250. The second-order valence-corrected chi connectivity index (χ2v) is 4.93. The van der Waals surface area contributed by atoms with Gasteiger partial charge in [0.15, 0.2) is 0 Å². The number of hydrogen-bond donors (Lipinski definition) is 0. The fourth-order valence-corrected chi connectivity index (χ4v) is 2.49. The van der Waals surface area contributed by atoms with E-state index < -0.39 is 0 Å². The van der Waals surface area contributed by atoms with Gasteiger partial charge >= 0.3 is 0 Å². The molecule has 0 aromatic heterocycles. The summed E-state index contributed by atoms with van der Waals surface area (Å²) in [4.78, 5) is 0. The Kier molecular flexibility index (Phi) is 4.90. The third kappa shape index (κ3) is 3.45. The van der Waals surface area contributed by atoms with Crippen molar-refractivity contribution in [3.63, 3.8) is 0 Å². The van der Waals surface area contributed by atoms with Crippen LogP contribution in [0.5, 0.6) is 23.0 Å². The van der Waals surface area contributed by atoms with Crippen molar-refractivity contribution in [3.8, 4) is 23.0 Å². The summed E-state index contributed by atoms with van der Waals surface area (Å²) in [6, 6.07) is 11.5. The number of halogens is 1. The molecule has 0 aliphatic carbocycles. The van der Waals surface area contributed by atoms with E-state index >= 15 is 0 Å². The molecule has 0 fully saturated rings. The van der Waals surface area contributed by atoms with Crippen LogP contribution in [-0.2, 0) is 5.33 Å². The molecule has 0 atom stereocenters. The molecule has 0 saturated heterocycles. The normalized spacial score (nSPS) is 10.2. The Morgan fingerprint density at radius 1 is 0.850 bits per heavy atom. The molecule has 20 heavy (non-hydrogen) atoms. The lowest BCUT2D eigenvalue weighted by molar-refractivity contribution is 0.386. The highest BCUT2D eigenvalue weighted by Crippen LogP contribution is 2.31. The number of rotatable bonds is 5. The van der Waals surface area contributed by atoms with E-state index in [4.69, 9.17) is 14.2 Å². The van der Waals surface area contributed by atoms with E-state index in [0.717, 1.165) is 11.1 Å². The van der Waals surface area contributed by atoms with Gasteiger partial charge in [0.1, 0.15) is 23.0 Å². The smallest absolute Gasteiger partial charge is 0.134 e. The molecular formula is C16H17BrO3. The number of benzene rings is 2. The van der Waals surface area contributed by atoms with Crippen molar-refractivity contribution in [1.82, 2.24) is 0 Å². The zero-order chi connectivity index (χ0) is 14.5. The fourth-order valence-electron chi connectivity index (χ4n) is 1.86. The molecule has 0 aliphatic heterocycles. The molecule has 4 heteroatoms. The second-order valence-electron chi connectivity index (χ2n) is 4.37. The minimum absolute atomic E-state index is 0.687. The van der Waals surface area contributed by atoms with Crippen LogP contribution < -0.4 is 14.2 Å². The maximum Gasteiger partial charge on any atom is 0.134 e. The monoisotopic (exact) mass is 336 g/mol. The molecule has 0 unspecified atom stereocenters. The summed E-state index contributed by atoms with van der Waals surface area (Å²) in [5.74, 6) is 2.89. The molecule has 3 nitrogen and oxygen atoms in total. The Morgan fingerprint density at radius 3 is 1.95 bits per heavy atom. The van der Waals surface area contributed by atoms with E-state index in [-0.39, 0.29) is 0 Å². The standard InChI is InChI=1S/C16H17BrO3/c1-11-6-13(5-4-12(11)10-17)20-16-8-14(18-2)7-15(9-16)19-3/h4-9H,10H2,1-3H3. The number of aryl methyl sites for hydroxylation is 1. The molecule has 0 N–H and O–H groups in total. The lowest BCUT2D eigenvalue weighted by Gasteiger charge is -2.11. The SMILES string of the molecule is COc1cc(OC)cc(Oc2ccc(CBr)c(C)c2)c1. The number of hydrogen-bond acceptors (Lipinski definition) is 3. The average Bonchev–Trinajstić information content (AvgIpc) is 2.47. The van der Waals surface area contributed by atoms with Crippen molar-refractivity contribution in [3.05, 3.63) is 47.5 Å². The van der Waals surface area contributed by atoms with Crippen molar-refractivity contribution in [2.75, 3.05) is 14.2 Å². The molecule has 0 bridgehead atoms. The van der Waals surface area contributed by atoms with Crippen LogP contribution in [0.2, 0.25) is 0 Å². The molecule has 0 amide bonds. The molecule has 2 aromatic rings. The third-order valence-corrected chi connectivity index (χ3v) is 3.62. The van der Waals surface area contributed by atoms with Gasteiger partial charge in [0.25, 0.3) is 0 Å². The Bertz CT molecular complexity index is 574. The van der Waals surface area contributed by atoms with Crippen molar-refractivity contribution in [2.45, 2.75) is 12.3 Å². The molecule has 0 heterocycles. The summed E-state index contributed by atoms with van der Waals surface area (Å²) in [6.45, 7) is 2.07. The van der Waals surface area contributed by atoms with Gasteiger partial charge in [-0.15, -0.1) is 0 Å². The first-order valence-corrected chi connectivity index (χ1v) is 7.35. The van der Waals surface area contributed by atoms with Crippen LogP contribution in [0.4, 0.5) is 0 Å². The van der Waals surface area contributed by atoms with Crippen LogP contribution in [0.1, 0.15) is 11.1 Å². The highest BCUT2D eigenvalue weighted by atomic mass is 79.9. The van der Waals surface area contributed by atoms with E-state index in [1.165, 1.54) is 11.1 Å². The van der Waals surface area contributed by atoms with Gasteiger partial charge in [0.05, 0.1) is 14.2 Å². The van der Waals surface area contributed by atoms with E-state index in [1.54, 1.807) is 14.2 Å². The molecule has 0 saturated carbocycles. The van der Waals surface area contributed by atoms with E-state index in [2.05, 4.69) is 28.9 Å². The summed E-state index contributed by atoms with van der Waals surface area (Å²) in [7, 11) is 3.24. The average molecular weight is 337 g/mol. The summed E-state index contributed by atoms with van der Waals surface area (Å²) < 4.78 is 16.3. The Labute approximate surface area is 127 Å². The highest BCUT2D eigenvalue weighted by molar-refractivity contribution is 9.08. The topological polar surface area (TPSA) is 27.7 Å². The van der Waals surface area contributed by atoms with Gasteiger partial charge in [-0.1, -0.05) is 22.0 Å². The van der Waals surface area contributed by atoms with Gasteiger partial charge < -0.3 is 14.2 Å². The first kappa shape index (κ1) is 14.7. The molecule has 2 rings (SSSR count). The molecule has 0 radical (unpaired) electrons. The number of methoxy groups -OCH3 is 2. The van der Waals surface area contributed by atoms with Crippen molar-refractivity contribution >= 4 is 15.9 Å². The van der Waals surface area contributed by atoms with Gasteiger partial charge in [0, 0.05) is 23.5 Å². The van der Waals surface area contributed by atoms with E-state index in [0.29, 0.717) is 17.2 Å². The second kappa shape index (κ2) is 6.66. The zero-order valence-electron chi connectivity index (χ0n) is 11.8. The lowest BCUT2D eigenvalue weighted by atomic mass is 10.1. The third-order valence-electron chi connectivity index (χ3n) is 3.02. The van der Waals surface area contributed by atoms with Crippen LogP contribution in [0, 0.1) is 6.92 Å².